The van der Waals surface area contributed by atoms with E-state index in [4.69, 9.17) is 5.73 Å². The molecule has 2 N–H and O–H groups in total. The minimum atomic E-state index is -0.487. The quantitative estimate of drug-likeness (QED) is 0.253. The highest BCUT2D eigenvalue weighted by atomic mass is 16.6. The number of nitro groups is 1. The molecule has 86 valence electrons. The molecule has 0 saturated carbocycles. The highest BCUT2D eigenvalue weighted by Crippen LogP contribution is 2.30. The Morgan fingerprint density at radius 2 is 2.00 bits per heavy atom. The van der Waals surface area contributed by atoms with Crippen molar-refractivity contribution in [3.05, 3.63) is 32.8 Å². The van der Waals surface area contributed by atoms with Gasteiger partial charge in [-0.25, -0.2) is 0 Å². The molecule has 0 saturated heterocycles. The summed E-state index contributed by atoms with van der Waals surface area (Å²) in [5, 5.41) is 22.6. The maximum Gasteiger partial charge on any atom is 0.307 e. The first-order valence-corrected chi connectivity index (χ1v) is 5.29. The average molecular weight is 223 g/mol. The summed E-state index contributed by atoms with van der Waals surface area (Å²) in [6, 6.07) is 0. The predicted octanol–water partition coefficient (Wildman–Crippen LogP) is 1.08. The molecule has 1 heterocycles. The Bertz CT molecular complexity index is 445. The SMILES string of the molecule is Nc1c[n+]([O-])c2c(c1[N+](=O)[O-])CCCCC2. The highest BCUT2D eigenvalue weighted by molar-refractivity contribution is 5.61. The minimum Gasteiger partial charge on any atom is -0.618 e. The van der Waals surface area contributed by atoms with E-state index in [1.54, 1.807) is 0 Å². The van der Waals surface area contributed by atoms with Crippen molar-refractivity contribution in [3.63, 3.8) is 0 Å². The zero-order valence-corrected chi connectivity index (χ0v) is 8.81. The Morgan fingerprint density at radius 3 is 2.69 bits per heavy atom. The molecular weight excluding hydrogens is 210 g/mol. The summed E-state index contributed by atoms with van der Waals surface area (Å²) < 4.78 is 0.684. The third kappa shape index (κ3) is 1.66. The molecule has 0 bridgehead atoms. The van der Waals surface area contributed by atoms with Gasteiger partial charge in [-0.2, -0.15) is 4.73 Å². The first-order valence-electron chi connectivity index (χ1n) is 5.29. The number of nitrogen functional groups attached to an aromatic ring is 1. The van der Waals surface area contributed by atoms with Crippen LogP contribution in [0.1, 0.15) is 30.5 Å². The van der Waals surface area contributed by atoms with E-state index >= 15 is 0 Å². The maximum atomic E-state index is 11.6. The van der Waals surface area contributed by atoms with Crippen molar-refractivity contribution in [3.8, 4) is 0 Å². The lowest BCUT2D eigenvalue weighted by Crippen LogP contribution is -2.34. The Morgan fingerprint density at radius 1 is 1.31 bits per heavy atom. The zero-order valence-electron chi connectivity index (χ0n) is 8.81. The van der Waals surface area contributed by atoms with Gasteiger partial charge < -0.3 is 10.9 Å². The third-order valence-corrected chi connectivity index (χ3v) is 2.95. The Labute approximate surface area is 92.4 Å². The van der Waals surface area contributed by atoms with Crippen LogP contribution in [0.4, 0.5) is 11.4 Å². The Kier molecular flexibility index (Phi) is 2.64. The molecule has 0 aliphatic heterocycles. The monoisotopic (exact) mass is 223 g/mol. The van der Waals surface area contributed by atoms with Gasteiger partial charge in [-0.1, -0.05) is 6.42 Å². The van der Waals surface area contributed by atoms with Gasteiger partial charge in [0.25, 0.3) is 0 Å². The molecule has 0 unspecified atom stereocenters. The van der Waals surface area contributed by atoms with E-state index in [-0.39, 0.29) is 11.4 Å². The van der Waals surface area contributed by atoms with Gasteiger partial charge in [-0.05, 0) is 19.3 Å². The first kappa shape index (κ1) is 10.7. The number of nitrogens with zero attached hydrogens (tertiary/aromatic N) is 2. The molecule has 0 aromatic carbocycles. The van der Waals surface area contributed by atoms with E-state index in [1.165, 1.54) is 0 Å². The fourth-order valence-corrected chi connectivity index (χ4v) is 2.22. The van der Waals surface area contributed by atoms with Crippen molar-refractivity contribution >= 4 is 11.4 Å². The maximum absolute atomic E-state index is 11.6. The molecule has 1 aliphatic rings. The molecule has 0 spiro atoms. The van der Waals surface area contributed by atoms with Gasteiger partial charge in [0.05, 0.1) is 4.92 Å². The fourth-order valence-electron chi connectivity index (χ4n) is 2.22. The van der Waals surface area contributed by atoms with Crippen LogP contribution in [0.2, 0.25) is 0 Å². The van der Waals surface area contributed by atoms with Gasteiger partial charge >= 0.3 is 5.69 Å². The normalized spacial score (nSPS) is 15.2. The third-order valence-electron chi connectivity index (χ3n) is 2.95. The molecule has 2 rings (SSSR count). The summed E-state index contributed by atoms with van der Waals surface area (Å²) in [5.41, 5.74) is 6.45. The van der Waals surface area contributed by atoms with Gasteiger partial charge in [-0.15, -0.1) is 0 Å². The molecule has 6 heteroatoms. The number of rotatable bonds is 1. The summed E-state index contributed by atoms with van der Waals surface area (Å²) >= 11 is 0. The number of hydrogen-bond acceptors (Lipinski definition) is 4. The van der Waals surface area contributed by atoms with Crippen LogP contribution in [-0.2, 0) is 12.8 Å². The molecule has 1 aromatic heterocycles. The molecular formula is C10H13N3O3. The molecule has 0 fully saturated rings. The number of pyridine rings is 1. The van der Waals surface area contributed by atoms with Crippen molar-refractivity contribution in [2.24, 2.45) is 0 Å². The smallest absolute Gasteiger partial charge is 0.307 e. The highest BCUT2D eigenvalue weighted by Gasteiger charge is 2.29. The molecule has 0 atom stereocenters. The zero-order chi connectivity index (χ0) is 11.7. The number of nitrogens with two attached hydrogens (primary N) is 1. The molecule has 1 aromatic rings. The van der Waals surface area contributed by atoms with Crippen molar-refractivity contribution in [1.29, 1.82) is 0 Å². The Balaban J connectivity index is 2.65. The standard InChI is InChI=1S/C10H13N3O3/c11-8-6-12(14)9-5-3-1-2-4-7(9)10(8)13(15)16/h6H,1-5,11H2. The molecule has 0 radical (unpaired) electrons. The van der Waals surface area contributed by atoms with Crippen LogP contribution in [0.5, 0.6) is 0 Å². The van der Waals surface area contributed by atoms with Gasteiger partial charge in [-0.3, -0.25) is 10.1 Å². The second-order valence-corrected chi connectivity index (χ2v) is 4.00. The average Bonchev–Trinajstić information content (AvgIpc) is 2.42. The van der Waals surface area contributed by atoms with Gasteiger partial charge in [0.2, 0.25) is 11.9 Å². The second-order valence-electron chi connectivity index (χ2n) is 4.00. The van der Waals surface area contributed by atoms with Crippen LogP contribution in [0.15, 0.2) is 6.20 Å². The second kappa shape index (κ2) is 3.96. The lowest BCUT2D eigenvalue weighted by atomic mass is 10.1. The summed E-state index contributed by atoms with van der Waals surface area (Å²) in [6.07, 6.45) is 5.03. The van der Waals surface area contributed by atoms with Crippen LogP contribution in [0.25, 0.3) is 0 Å². The van der Waals surface area contributed by atoms with E-state index in [0.717, 1.165) is 25.5 Å². The lowest BCUT2D eigenvalue weighted by molar-refractivity contribution is -0.614. The first-order chi connectivity index (χ1) is 7.61. The van der Waals surface area contributed by atoms with Gasteiger partial charge in [0, 0.05) is 6.42 Å². The van der Waals surface area contributed by atoms with Crippen molar-refractivity contribution in [1.82, 2.24) is 0 Å². The minimum absolute atomic E-state index is 0.0411. The van der Waals surface area contributed by atoms with E-state index in [2.05, 4.69) is 0 Å². The van der Waals surface area contributed by atoms with Gasteiger partial charge in [0.15, 0.2) is 5.69 Å². The summed E-state index contributed by atoms with van der Waals surface area (Å²) in [6.45, 7) is 0. The van der Waals surface area contributed by atoms with E-state index in [1.807, 2.05) is 0 Å². The molecule has 16 heavy (non-hydrogen) atoms. The van der Waals surface area contributed by atoms with E-state index < -0.39 is 4.92 Å². The summed E-state index contributed by atoms with van der Waals surface area (Å²) in [5.74, 6) is 0. The van der Waals surface area contributed by atoms with E-state index in [0.29, 0.717) is 28.8 Å². The Hall–Kier alpha value is -1.85. The van der Waals surface area contributed by atoms with Crippen LogP contribution >= 0.6 is 0 Å². The number of aromatic nitrogens is 1. The van der Waals surface area contributed by atoms with Crippen LogP contribution in [0, 0.1) is 15.3 Å². The molecule has 6 nitrogen and oxygen atoms in total. The van der Waals surface area contributed by atoms with E-state index in [9.17, 15) is 15.3 Å². The fraction of sp³-hybridized carbons (Fsp3) is 0.500. The van der Waals surface area contributed by atoms with Crippen LogP contribution in [-0.4, -0.2) is 4.92 Å². The van der Waals surface area contributed by atoms with Crippen LogP contribution < -0.4 is 10.5 Å². The van der Waals surface area contributed by atoms with Crippen LogP contribution in [0.3, 0.4) is 0 Å². The summed E-state index contributed by atoms with van der Waals surface area (Å²) in [7, 11) is 0. The molecule has 0 amide bonds. The lowest BCUT2D eigenvalue weighted by Gasteiger charge is -2.09. The largest absolute Gasteiger partial charge is 0.618 e. The number of hydrogen-bond donors (Lipinski definition) is 1. The topological polar surface area (TPSA) is 96.1 Å². The van der Waals surface area contributed by atoms with Crippen molar-refractivity contribution in [2.75, 3.05) is 5.73 Å². The molecule has 1 aliphatic carbocycles. The number of fused-ring (bicyclic) bond motifs is 1. The summed E-state index contributed by atoms with van der Waals surface area (Å²) in [4.78, 5) is 10.4. The van der Waals surface area contributed by atoms with Crippen molar-refractivity contribution in [2.45, 2.75) is 32.1 Å². The predicted molar refractivity (Wildman–Crippen MR) is 57.7 cm³/mol. The van der Waals surface area contributed by atoms with Gasteiger partial charge in [0.1, 0.15) is 5.56 Å². The van der Waals surface area contributed by atoms with Crippen molar-refractivity contribution < 1.29 is 9.65 Å². The number of anilines is 1.